The monoisotopic (exact) mass is 467 g/mol. The van der Waals surface area contributed by atoms with Crippen LogP contribution in [-0.2, 0) is 20.7 Å². The molecule has 2 aromatic carbocycles. The van der Waals surface area contributed by atoms with Gasteiger partial charge in [-0.2, -0.15) is 0 Å². The first kappa shape index (κ1) is 24.7. The molecule has 8 nitrogen and oxygen atoms in total. The molecule has 1 heterocycles. The second-order valence-electron chi connectivity index (χ2n) is 7.52. The highest BCUT2D eigenvalue weighted by atomic mass is 16.5. The van der Waals surface area contributed by atoms with Crippen molar-refractivity contribution < 1.29 is 33.3 Å². The number of nitrogens with zero attached hydrogens (tertiary/aromatic N) is 1. The van der Waals surface area contributed by atoms with Gasteiger partial charge in [0.25, 0.3) is 5.91 Å². The molecule has 0 aromatic heterocycles. The molecule has 0 saturated carbocycles. The summed E-state index contributed by atoms with van der Waals surface area (Å²) in [5.74, 6) is 1.50. The molecule has 0 radical (unpaired) electrons. The van der Waals surface area contributed by atoms with Gasteiger partial charge in [0.05, 0.1) is 46.7 Å². The Morgan fingerprint density at radius 3 is 2.03 bits per heavy atom. The summed E-state index contributed by atoms with van der Waals surface area (Å²) in [6, 6.07) is 10.9. The van der Waals surface area contributed by atoms with Crippen LogP contribution in [0.4, 0.5) is 0 Å². The smallest absolute Gasteiger partial charge is 0.340 e. The molecule has 0 aliphatic carbocycles. The molecular formula is C26H29NO7. The summed E-state index contributed by atoms with van der Waals surface area (Å²) in [5, 5.41) is 0. The SMILES string of the molecule is COC(=O)C1=C(C)N(CCc2ccc(OC)c(OC)c2)C(=O)/C1=C\c1ccc(OC)c(OC)c1. The number of amides is 1. The van der Waals surface area contributed by atoms with E-state index in [0.717, 1.165) is 5.56 Å². The van der Waals surface area contributed by atoms with Gasteiger partial charge >= 0.3 is 5.97 Å². The number of benzene rings is 2. The first-order valence-electron chi connectivity index (χ1n) is 10.6. The van der Waals surface area contributed by atoms with E-state index in [-0.39, 0.29) is 17.1 Å². The fraction of sp³-hybridized carbons (Fsp3) is 0.308. The molecule has 1 aliphatic heterocycles. The Morgan fingerprint density at radius 1 is 0.853 bits per heavy atom. The van der Waals surface area contributed by atoms with E-state index in [4.69, 9.17) is 23.7 Å². The van der Waals surface area contributed by atoms with Gasteiger partial charge in [-0.1, -0.05) is 12.1 Å². The summed E-state index contributed by atoms with van der Waals surface area (Å²) in [4.78, 5) is 27.6. The number of rotatable bonds is 9. The van der Waals surface area contributed by atoms with Gasteiger partial charge in [-0.3, -0.25) is 4.79 Å². The van der Waals surface area contributed by atoms with E-state index in [1.807, 2.05) is 18.2 Å². The maximum absolute atomic E-state index is 13.4. The van der Waals surface area contributed by atoms with Crippen LogP contribution in [0, 0.1) is 0 Å². The number of carbonyl (C=O) groups excluding carboxylic acids is 2. The van der Waals surface area contributed by atoms with E-state index in [9.17, 15) is 9.59 Å². The lowest BCUT2D eigenvalue weighted by atomic mass is 10.0. The number of allylic oxidation sites excluding steroid dienone is 1. The average Bonchev–Trinajstić information content (AvgIpc) is 3.10. The summed E-state index contributed by atoms with van der Waals surface area (Å²) >= 11 is 0. The molecular weight excluding hydrogens is 438 g/mol. The molecule has 1 amide bonds. The van der Waals surface area contributed by atoms with Crippen LogP contribution >= 0.6 is 0 Å². The van der Waals surface area contributed by atoms with Crippen LogP contribution in [0.15, 0.2) is 53.2 Å². The zero-order valence-corrected chi connectivity index (χ0v) is 20.3. The van der Waals surface area contributed by atoms with Gasteiger partial charge in [-0.15, -0.1) is 0 Å². The Bertz CT molecular complexity index is 1150. The van der Waals surface area contributed by atoms with Crippen molar-refractivity contribution in [2.45, 2.75) is 13.3 Å². The largest absolute Gasteiger partial charge is 0.493 e. The summed E-state index contributed by atoms with van der Waals surface area (Å²) in [6.07, 6.45) is 2.22. The third kappa shape index (κ3) is 4.85. The summed E-state index contributed by atoms with van der Waals surface area (Å²) < 4.78 is 26.3. The first-order chi connectivity index (χ1) is 16.4. The molecule has 0 unspecified atom stereocenters. The quantitative estimate of drug-likeness (QED) is 0.411. The van der Waals surface area contributed by atoms with Crippen LogP contribution in [0.2, 0.25) is 0 Å². The van der Waals surface area contributed by atoms with Gasteiger partial charge in [0.15, 0.2) is 23.0 Å². The minimum atomic E-state index is -0.564. The number of methoxy groups -OCH3 is 5. The highest BCUT2D eigenvalue weighted by Gasteiger charge is 2.36. The predicted molar refractivity (Wildman–Crippen MR) is 127 cm³/mol. The van der Waals surface area contributed by atoms with Gasteiger partial charge in [0, 0.05) is 12.2 Å². The first-order valence-corrected chi connectivity index (χ1v) is 10.6. The number of esters is 1. The van der Waals surface area contributed by atoms with Crippen molar-refractivity contribution in [3.63, 3.8) is 0 Å². The van der Waals surface area contributed by atoms with Crippen LogP contribution in [-0.4, -0.2) is 58.9 Å². The highest BCUT2D eigenvalue weighted by Crippen LogP contribution is 2.34. The topological polar surface area (TPSA) is 83.5 Å². The van der Waals surface area contributed by atoms with Crippen molar-refractivity contribution >= 4 is 18.0 Å². The number of ether oxygens (including phenoxy) is 5. The molecule has 2 aromatic rings. The normalized spacial score (nSPS) is 14.5. The van der Waals surface area contributed by atoms with Gasteiger partial charge < -0.3 is 28.6 Å². The van der Waals surface area contributed by atoms with Gasteiger partial charge in [0.2, 0.25) is 0 Å². The van der Waals surface area contributed by atoms with Crippen molar-refractivity contribution in [2.24, 2.45) is 0 Å². The van der Waals surface area contributed by atoms with Crippen LogP contribution in [0.25, 0.3) is 6.08 Å². The maximum Gasteiger partial charge on any atom is 0.340 e. The Labute approximate surface area is 199 Å². The molecule has 34 heavy (non-hydrogen) atoms. The maximum atomic E-state index is 13.4. The summed E-state index contributed by atoms with van der Waals surface area (Å²) in [6.45, 7) is 2.12. The Morgan fingerprint density at radius 2 is 1.44 bits per heavy atom. The molecule has 0 atom stereocenters. The van der Waals surface area contributed by atoms with Crippen LogP contribution in [0.3, 0.4) is 0 Å². The van der Waals surface area contributed by atoms with Crippen LogP contribution < -0.4 is 18.9 Å². The lowest BCUT2D eigenvalue weighted by molar-refractivity contribution is -0.136. The summed E-state index contributed by atoms with van der Waals surface area (Å²) in [5.41, 5.74) is 2.72. The Balaban J connectivity index is 1.92. The molecule has 0 fully saturated rings. The molecule has 1 aliphatic rings. The minimum Gasteiger partial charge on any atom is -0.493 e. The zero-order chi connectivity index (χ0) is 24.8. The van der Waals surface area contributed by atoms with E-state index < -0.39 is 5.97 Å². The molecule has 8 heteroatoms. The number of hydrogen-bond acceptors (Lipinski definition) is 7. The number of carbonyl (C=O) groups is 2. The zero-order valence-electron chi connectivity index (χ0n) is 20.3. The fourth-order valence-electron chi connectivity index (χ4n) is 3.88. The lowest BCUT2D eigenvalue weighted by Crippen LogP contribution is -2.27. The van der Waals surface area contributed by atoms with E-state index in [0.29, 0.717) is 47.2 Å². The van der Waals surface area contributed by atoms with E-state index in [1.165, 1.54) is 14.2 Å². The van der Waals surface area contributed by atoms with E-state index in [2.05, 4.69) is 0 Å². The molecule has 0 spiro atoms. The van der Waals surface area contributed by atoms with Crippen molar-refractivity contribution in [3.8, 4) is 23.0 Å². The van der Waals surface area contributed by atoms with Crippen molar-refractivity contribution in [1.29, 1.82) is 0 Å². The van der Waals surface area contributed by atoms with Crippen LogP contribution in [0.1, 0.15) is 18.1 Å². The lowest BCUT2D eigenvalue weighted by Gasteiger charge is -2.18. The molecule has 0 N–H and O–H groups in total. The average molecular weight is 468 g/mol. The predicted octanol–water partition coefficient (Wildman–Crippen LogP) is 3.64. The fourth-order valence-corrected chi connectivity index (χ4v) is 3.88. The Hall–Kier alpha value is -3.94. The van der Waals surface area contributed by atoms with Gasteiger partial charge in [0.1, 0.15) is 0 Å². The molecule has 0 saturated heterocycles. The van der Waals surface area contributed by atoms with Crippen molar-refractivity contribution in [3.05, 3.63) is 64.4 Å². The highest BCUT2D eigenvalue weighted by molar-refractivity contribution is 6.16. The third-order valence-corrected chi connectivity index (χ3v) is 5.69. The minimum absolute atomic E-state index is 0.245. The third-order valence-electron chi connectivity index (χ3n) is 5.69. The number of hydrogen-bond donors (Lipinski definition) is 0. The van der Waals surface area contributed by atoms with Crippen LogP contribution in [0.5, 0.6) is 23.0 Å². The van der Waals surface area contributed by atoms with E-state index in [1.54, 1.807) is 57.4 Å². The summed E-state index contributed by atoms with van der Waals surface area (Å²) in [7, 11) is 7.54. The van der Waals surface area contributed by atoms with Crippen molar-refractivity contribution in [2.75, 3.05) is 42.1 Å². The second-order valence-corrected chi connectivity index (χ2v) is 7.52. The van der Waals surface area contributed by atoms with E-state index >= 15 is 0 Å². The van der Waals surface area contributed by atoms with Gasteiger partial charge in [-0.05, 0) is 54.8 Å². The molecule has 3 rings (SSSR count). The second kappa shape index (κ2) is 10.8. The van der Waals surface area contributed by atoms with Crippen molar-refractivity contribution in [1.82, 2.24) is 4.90 Å². The molecule has 0 bridgehead atoms. The van der Waals surface area contributed by atoms with Gasteiger partial charge in [-0.25, -0.2) is 4.79 Å². The Kier molecular flexibility index (Phi) is 7.83. The molecule has 180 valence electrons. The standard InChI is InChI=1S/C26H29NO7/c1-16-24(26(29)34-6)19(13-18-8-10-21(31-3)23(15-18)33-5)25(28)27(16)12-11-17-7-9-20(30-2)22(14-17)32-4/h7-10,13-15H,11-12H2,1-6H3/b19-13-.